The van der Waals surface area contributed by atoms with E-state index in [2.05, 4.69) is 0 Å². The molecule has 0 radical (unpaired) electrons. The molecule has 0 aliphatic carbocycles. The molecule has 0 atom stereocenters. The van der Waals surface area contributed by atoms with Gasteiger partial charge < -0.3 is 19.5 Å². The molecule has 0 saturated carbocycles. The van der Waals surface area contributed by atoms with E-state index < -0.39 is 13.1 Å². The summed E-state index contributed by atoms with van der Waals surface area (Å²) >= 11 is 0. The Kier molecular flexibility index (Phi) is 5.19. The number of carbonyl (C=O) groups excluding carboxylic acids is 1. The van der Waals surface area contributed by atoms with Gasteiger partial charge in [-0.3, -0.25) is 0 Å². The molecule has 6 heteroatoms. The molecule has 2 aromatic carbocycles. The van der Waals surface area contributed by atoms with E-state index in [0.717, 1.165) is 0 Å². The highest BCUT2D eigenvalue weighted by atomic mass is 16.5. The maximum Gasteiger partial charge on any atom is 0.488 e. The Bertz CT molecular complexity index is 637. The lowest BCUT2D eigenvalue weighted by molar-refractivity contribution is 0.0377. The van der Waals surface area contributed by atoms with Gasteiger partial charge in [-0.05, 0) is 49.6 Å². The normalized spacial score (nSPS) is 10.4. The first kappa shape index (κ1) is 16.1. The van der Waals surface area contributed by atoms with Crippen LogP contribution in [0.1, 0.15) is 24.2 Å². The van der Waals surface area contributed by atoms with Crippen LogP contribution >= 0.6 is 0 Å². The first-order chi connectivity index (χ1) is 10.5. The summed E-state index contributed by atoms with van der Waals surface area (Å²) in [6, 6.07) is 13.0. The van der Waals surface area contributed by atoms with Crippen LogP contribution in [0.15, 0.2) is 48.5 Å². The van der Waals surface area contributed by atoms with Gasteiger partial charge in [0.05, 0.1) is 11.7 Å². The van der Waals surface area contributed by atoms with Crippen molar-refractivity contribution < 1.29 is 24.3 Å². The van der Waals surface area contributed by atoms with Crippen molar-refractivity contribution in [2.24, 2.45) is 0 Å². The van der Waals surface area contributed by atoms with Crippen LogP contribution in [0.5, 0.6) is 11.5 Å². The van der Waals surface area contributed by atoms with Crippen LogP contribution in [0.25, 0.3) is 0 Å². The highest BCUT2D eigenvalue weighted by Gasteiger charge is 2.12. The van der Waals surface area contributed by atoms with E-state index in [1.807, 2.05) is 0 Å². The summed E-state index contributed by atoms with van der Waals surface area (Å²) in [5, 5.41) is 18.1. The maximum absolute atomic E-state index is 11.8. The summed E-state index contributed by atoms with van der Waals surface area (Å²) in [7, 11) is -1.51. The van der Waals surface area contributed by atoms with Crippen molar-refractivity contribution in [2.45, 2.75) is 20.0 Å². The lowest BCUT2D eigenvalue weighted by Crippen LogP contribution is -2.29. The zero-order chi connectivity index (χ0) is 16.1. The fourth-order valence-electron chi connectivity index (χ4n) is 1.81. The average molecular weight is 300 g/mol. The van der Waals surface area contributed by atoms with Crippen molar-refractivity contribution >= 4 is 18.6 Å². The van der Waals surface area contributed by atoms with Crippen molar-refractivity contribution in [3.05, 3.63) is 54.1 Å². The largest absolute Gasteiger partial charge is 0.488 e. The highest BCUT2D eigenvalue weighted by molar-refractivity contribution is 6.58. The molecular formula is C16H17BO5. The molecule has 0 fully saturated rings. The minimum absolute atomic E-state index is 0.186. The van der Waals surface area contributed by atoms with Crippen molar-refractivity contribution in [1.29, 1.82) is 0 Å². The second-order valence-corrected chi connectivity index (χ2v) is 5.03. The van der Waals surface area contributed by atoms with Crippen molar-refractivity contribution in [3.63, 3.8) is 0 Å². The minimum atomic E-state index is -1.51. The molecule has 114 valence electrons. The van der Waals surface area contributed by atoms with E-state index in [9.17, 15) is 4.79 Å². The molecule has 22 heavy (non-hydrogen) atoms. The maximum atomic E-state index is 11.8. The zero-order valence-electron chi connectivity index (χ0n) is 12.4. The van der Waals surface area contributed by atoms with Crippen molar-refractivity contribution in [1.82, 2.24) is 0 Å². The summed E-state index contributed by atoms with van der Waals surface area (Å²) in [6.07, 6.45) is -0.186. The summed E-state index contributed by atoms with van der Waals surface area (Å²) < 4.78 is 10.8. The molecule has 0 saturated heterocycles. The second-order valence-electron chi connectivity index (χ2n) is 5.03. The summed E-state index contributed by atoms with van der Waals surface area (Å²) in [4.78, 5) is 11.8. The third kappa shape index (κ3) is 4.34. The second kappa shape index (κ2) is 7.11. The van der Waals surface area contributed by atoms with Gasteiger partial charge in [-0.15, -0.1) is 0 Å². The van der Waals surface area contributed by atoms with Gasteiger partial charge in [-0.25, -0.2) is 4.79 Å². The molecule has 0 heterocycles. The molecule has 0 aliphatic heterocycles. The Labute approximate surface area is 129 Å². The molecule has 2 aromatic rings. The van der Waals surface area contributed by atoms with Crippen LogP contribution in [0.4, 0.5) is 0 Å². The van der Waals surface area contributed by atoms with E-state index in [4.69, 9.17) is 19.5 Å². The predicted molar refractivity (Wildman–Crippen MR) is 83.3 cm³/mol. The molecule has 2 rings (SSSR count). The first-order valence-electron chi connectivity index (χ1n) is 6.90. The number of hydrogen-bond donors (Lipinski definition) is 2. The quantitative estimate of drug-likeness (QED) is 0.649. The monoisotopic (exact) mass is 300 g/mol. The van der Waals surface area contributed by atoms with Crippen molar-refractivity contribution in [3.8, 4) is 11.5 Å². The van der Waals surface area contributed by atoms with Crippen LogP contribution in [0.3, 0.4) is 0 Å². The third-order valence-electron chi connectivity index (χ3n) is 2.83. The van der Waals surface area contributed by atoms with Crippen LogP contribution in [-0.2, 0) is 4.74 Å². The van der Waals surface area contributed by atoms with Gasteiger partial charge in [0.15, 0.2) is 0 Å². The summed E-state index contributed by atoms with van der Waals surface area (Å²) in [5.74, 6) is 0.619. The Morgan fingerprint density at radius 3 is 2.32 bits per heavy atom. The molecule has 0 unspecified atom stereocenters. The fraction of sp³-hybridized carbons (Fsp3) is 0.188. The Morgan fingerprint density at radius 2 is 1.73 bits per heavy atom. The standard InChI is InChI=1S/C16H17BO5/c1-11(2)21-16(18)12-4-3-5-15(10-12)22-14-8-6-13(7-9-14)17(19)20/h3-11,19-20H,1-2H3. The molecule has 0 aromatic heterocycles. The van der Waals surface area contributed by atoms with E-state index in [0.29, 0.717) is 22.5 Å². The first-order valence-corrected chi connectivity index (χ1v) is 6.90. The van der Waals surface area contributed by atoms with E-state index in [1.165, 1.54) is 0 Å². The van der Waals surface area contributed by atoms with Gasteiger partial charge in [-0.1, -0.05) is 18.2 Å². The van der Waals surface area contributed by atoms with Crippen LogP contribution in [0.2, 0.25) is 0 Å². The molecule has 2 N–H and O–H groups in total. The smallest absolute Gasteiger partial charge is 0.459 e. The van der Waals surface area contributed by atoms with Gasteiger partial charge in [0.25, 0.3) is 0 Å². The van der Waals surface area contributed by atoms with E-state index >= 15 is 0 Å². The predicted octanol–water partition coefficient (Wildman–Crippen LogP) is 1.72. The van der Waals surface area contributed by atoms with Gasteiger partial charge in [0.1, 0.15) is 11.5 Å². The Balaban J connectivity index is 2.11. The number of benzene rings is 2. The Hall–Kier alpha value is -2.31. The van der Waals surface area contributed by atoms with Gasteiger partial charge >= 0.3 is 13.1 Å². The number of carbonyl (C=O) groups is 1. The number of ether oxygens (including phenoxy) is 2. The number of hydrogen-bond acceptors (Lipinski definition) is 5. The fourth-order valence-corrected chi connectivity index (χ4v) is 1.81. The lowest BCUT2D eigenvalue weighted by atomic mass is 9.80. The zero-order valence-corrected chi connectivity index (χ0v) is 12.4. The topological polar surface area (TPSA) is 76.0 Å². The van der Waals surface area contributed by atoms with Gasteiger partial charge in [-0.2, -0.15) is 0 Å². The molecule has 0 aliphatic rings. The van der Waals surface area contributed by atoms with E-state index in [1.54, 1.807) is 62.4 Å². The average Bonchev–Trinajstić information content (AvgIpc) is 2.47. The molecular weight excluding hydrogens is 283 g/mol. The molecule has 0 spiro atoms. The summed E-state index contributed by atoms with van der Waals surface area (Å²) in [5.41, 5.74) is 0.787. The van der Waals surface area contributed by atoms with Gasteiger partial charge in [0.2, 0.25) is 0 Å². The van der Waals surface area contributed by atoms with E-state index in [-0.39, 0.29) is 6.10 Å². The van der Waals surface area contributed by atoms with Gasteiger partial charge in [0, 0.05) is 0 Å². The molecule has 0 bridgehead atoms. The SMILES string of the molecule is CC(C)OC(=O)c1cccc(Oc2ccc(B(O)O)cc2)c1. The summed E-state index contributed by atoms with van der Waals surface area (Å²) in [6.45, 7) is 3.57. The van der Waals surface area contributed by atoms with Crippen LogP contribution < -0.4 is 10.2 Å². The number of rotatable bonds is 5. The Morgan fingerprint density at radius 1 is 1.05 bits per heavy atom. The number of esters is 1. The van der Waals surface area contributed by atoms with Crippen LogP contribution in [-0.4, -0.2) is 29.2 Å². The lowest BCUT2D eigenvalue weighted by Gasteiger charge is -2.10. The molecule has 0 amide bonds. The minimum Gasteiger partial charge on any atom is -0.459 e. The van der Waals surface area contributed by atoms with Crippen LogP contribution in [0, 0.1) is 0 Å². The van der Waals surface area contributed by atoms with Crippen molar-refractivity contribution in [2.75, 3.05) is 0 Å². The molecule has 5 nitrogen and oxygen atoms in total. The highest BCUT2D eigenvalue weighted by Crippen LogP contribution is 2.22. The third-order valence-corrected chi connectivity index (χ3v) is 2.83.